The highest BCUT2D eigenvalue weighted by Gasteiger charge is 2.29. The molecule has 170 valence electrons. The molecule has 2 fully saturated rings. The number of aryl methyl sites for hydroxylation is 3. The topological polar surface area (TPSA) is 80.1 Å². The Labute approximate surface area is 192 Å². The second kappa shape index (κ2) is 8.61. The number of hydrogen-bond donors (Lipinski definition) is 2. The minimum atomic E-state index is 0.463. The highest BCUT2D eigenvalue weighted by Crippen LogP contribution is 2.41. The molecule has 4 heterocycles. The zero-order valence-corrected chi connectivity index (χ0v) is 19.5. The van der Waals surface area contributed by atoms with Crippen molar-refractivity contribution in [2.75, 3.05) is 36.9 Å². The van der Waals surface area contributed by atoms with Crippen molar-refractivity contribution in [3.05, 3.63) is 22.7 Å². The Balaban J connectivity index is 1.23. The zero-order chi connectivity index (χ0) is 21.5. The average Bonchev–Trinajstić information content (AvgIpc) is 3.51. The maximum Gasteiger partial charge on any atom is 0.231 e. The lowest BCUT2D eigenvalue weighted by Gasteiger charge is -2.39. The third-order valence-electron chi connectivity index (χ3n) is 7.12. The van der Waals surface area contributed by atoms with Crippen LogP contribution in [0.25, 0.3) is 10.2 Å². The molecule has 2 aliphatic carbocycles. The van der Waals surface area contributed by atoms with E-state index in [9.17, 15) is 0 Å². The fraction of sp³-hybridized carbons (Fsp3) is 0.609. The molecule has 0 amide bonds. The SMILES string of the molecule is Cn1ccc(Nc2nc(NC3CCC(N4CCOCC4)CC3)c3c4c(sc3n2)CCC4)n1. The third kappa shape index (κ3) is 3.97. The number of nitrogens with zero attached hydrogens (tertiary/aromatic N) is 5. The molecule has 0 aromatic carbocycles. The maximum atomic E-state index is 5.54. The molecule has 0 radical (unpaired) electrons. The maximum absolute atomic E-state index is 5.54. The first kappa shape index (κ1) is 20.4. The standard InChI is InChI=1S/C23H31N7OS/c1-29-10-9-19(28-29)25-23-26-21(20-17-3-2-4-18(17)32-22(20)27-23)24-15-5-7-16(8-6-15)30-11-13-31-14-12-30/h9-10,15-16H,2-8,11-14H2,1H3,(H2,24,25,26,27,28). The number of rotatable bonds is 5. The molecule has 8 nitrogen and oxygen atoms in total. The lowest BCUT2D eigenvalue weighted by atomic mass is 9.90. The van der Waals surface area contributed by atoms with Gasteiger partial charge in [0.1, 0.15) is 10.6 Å². The van der Waals surface area contributed by atoms with E-state index in [-0.39, 0.29) is 0 Å². The number of thiophene rings is 1. The van der Waals surface area contributed by atoms with Gasteiger partial charge in [-0.05, 0) is 50.5 Å². The molecule has 3 aliphatic rings. The monoisotopic (exact) mass is 453 g/mol. The van der Waals surface area contributed by atoms with E-state index in [1.165, 1.54) is 54.4 Å². The van der Waals surface area contributed by atoms with E-state index in [1.54, 1.807) is 4.68 Å². The van der Waals surface area contributed by atoms with Crippen molar-refractivity contribution in [3.8, 4) is 0 Å². The van der Waals surface area contributed by atoms with E-state index in [0.29, 0.717) is 18.0 Å². The van der Waals surface area contributed by atoms with Gasteiger partial charge in [0.15, 0.2) is 5.82 Å². The van der Waals surface area contributed by atoms with E-state index < -0.39 is 0 Å². The summed E-state index contributed by atoms with van der Waals surface area (Å²) in [5.41, 5.74) is 1.47. The Morgan fingerprint density at radius 1 is 1.09 bits per heavy atom. The first-order valence-corrected chi connectivity index (χ1v) is 12.7. The summed E-state index contributed by atoms with van der Waals surface area (Å²) >= 11 is 1.84. The quantitative estimate of drug-likeness (QED) is 0.610. The minimum Gasteiger partial charge on any atom is -0.379 e. The smallest absolute Gasteiger partial charge is 0.231 e. The summed E-state index contributed by atoms with van der Waals surface area (Å²) in [5.74, 6) is 2.40. The second-order valence-electron chi connectivity index (χ2n) is 9.23. The van der Waals surface area contributed by atoms with Crippen molar-refractivity contribution in [3.63, 3.8) is 0 Å². The molecule has 9 heteroatoms. The molecule has 2 N–H and O–H groups in total. The van der Waals surface area contributed by atoms with E-state index in [0.717, 1.165) is 49.2 Å². The van der Waals surface area contributed by atoms with Crippen molar-refractivity contribution >= 4 is 39.1 Å². The molecular formula is C23H31N7OS. The van der Waals surface area contributed by atoms with Gasteiger partial charge in [0.25, 0.3) is 0 Å². The molecule has 3 aromatic rings. The summed E-state index contributed by atoms with van der Waals surface area (Å²) in [6.45, 7) is 3.93. The van der Waals surface area contributed by atoms with Crippen LogP contribution < -0.4 is 10.6 Å². The normalized spacial score (nSPS) is 24.0. The van der Waals surface area contributed by atoms with Crippen LogP contribution in [0.3, 0.4) is 0 Å². The van der Waals surface area contributed by atoms with Crippen molar-refractivity contribution in [2.45, 2.75) is 57.0 Å². The number of anilines is 3. The van der Waals surface area contributed by atoms with E-state index in [1.807, 2.05) is 30.6 Å². The van der Waals surface area contributed by atoms with Gasteiger partial charge in [0.2, 0.25) is 5.95 Å². The molecule has 0 spiro atoms. The van der Waals surface area contributed by atoms with Crippen LogP contribution in [0.1, 0.15) is 42.5 Å². The fourth-order valence-electron chi connectivity index (χ4n) is 5.47. The minimum absolute atomic E-state index is 0.463. The Bertz CT molecular complexity index is 1100. The summed E-state index contributed by atoms with van der Waals surface area (Å²) in [7, 11) is 1.92. The number of ether oxygens (including phenoxy) is 1. The van der Waals surface area contributed by atoms with Crippen LogP contribution in [0.2, 0.25) is 0 Å². The summed E-state index contributed by atoms with van der Waals surface area (Å²) in [6, 6.07) is 3.11. The molecule has 1 saturated carbocycles. The van der Waals surface area contributed by atoms with Gasteiger partial charge in [-0.25, -0.2) is 4.98 Å². The van der Waals surface area contributed by atoms with Gasteiger partial charge in [-0.3, -0.25) is 9.58 Å². The van der Waals surface area contributed by atoms with E-state index in [2.05, 4.69) is 20.6 Å². The van der Waals surface area contributed by atoms with E-state index >= 15 is 0 Å². The summed E-state index contributed by atoms with van der Waals surface area (Å²) in [5, 5.41) is 12.8. The zero-order valence-electron chi connectivity index (χ0n) is 18.6. The third-order valence-corrected chi connectivity index (χ3v) is 8.30. The van der Waals surface area contributed by atoms with Gasteiger partial charge >= 0.3 is 0 Å². The van der Waals surface area contributed by atoms with Crippen molar-refractivity contribution in [1.82, 2.24) is 24.6 Å². The summed E-state index contributed by atoms with van der Waals surface area (Å²) in [4.78, 5) is 15.0. The first-order valence-electron chi connectivity index (χ1n) is 11.9. The molecular weight excluding hydrogens is 422 g/mol. The molecule has 6 rings (SSSR count). The van der Waals surface area contributed by atoms with E-state index in [4.69, 9.17) is 14.7 Å². The molecule has 1 aliphatic heterocycles. The molecule has 0 bridgehead atoms. The fourth-order valence-corrected chi connectivity index (χ4v) is 6.73. The molecule has 1 saturated heterocycles. The first-order chi connectivity index (χ1) is 15.7. The lowest BCUT2D eigenvalue weighted by Crippen LogP contribution is -2.46. The number of morpholine rings is 1. The predicted molar refractivity (Wildman–Crippen MR) is 128 cm³/mol. The van der Waals surface area contributed by atoms with Crippen molar-refractivity contribution < 1.29 is 4.74 Å². The van der Waals surface area contributed by atoms with Crippen LogP contribution >= 0.6 is 11.3 Å². The second-order valence-corrected chi connectivity index (χ2v) is 10.3. The van der Waals surface area contributed by atoms with Crippen molar-refractivity contribution in [1.29, 1.82) is 0 Å². The van der Waals surface area contributed by atoms with Gasteiger partial charge in [0.05, 0.1) is 18.6 Å². The Morgan fingerprint density at radius 3 is 2.72 bits per heavy atom. The van der Waals surface area contributed by atoms with Crippen LogP contribution in [0, 0.1) is 0 Å². The number of fused-ring (bicyclic) bond motifs is 3. The van der Waals surface area contributed by atoms with Gasteiger partial charge in [0, 0.05) is 49.4 Å². The summed E-state index contributed by atoms with van der Waals surface area (Å²) in [6.07, 6.45) is 10.3. The van der Waals surface area contributed by atoms with Crippen LogP contribution in [0.5, 0.6) is 0 Å². The molecule has 0 unspecified atom stereocenters. The van der Waals surface area contributed by atoms with Crippen LogP contribution in [-0.4, -0.2) is 63.0 Å². The molecule has 3 aromatic heterocycles. The molecule has 32 heavy (non-hydrogen) atoms. The molecule has 0 atom stereocenters. The lowest BCUT2D eigenvalue weighted by molar-refractivity contribution is 0.00791. The largest absolute Gasteiger partial charge is 0.379 e. The number of aromatic nitrogens is 4. The highest BCUT2D eigenvalue weighted by molar-refractivity contribution is 7.19. The Morgan fingerprint density at radius 2 is 1.94 bits per heavy atom. The van der Waals surface area contributed by atoms with Crippen LogP contribution in [-0.2, 0) is 24.6 Å². The Kier molecular flexibility index (Phi) is 5.48. The van der Waals surface area contributed by atoms with Gasteiger partial charge in [-0.2, -0.15) is 10.1 Å². The summed E-state index contributed by atoms with van der Waals surface area (Å²) < 4.78 is 7.32. The Hall–Kier alpha value is -2.23. The van der Waals surface area contributed by atoms with Gasteiger partial charge in [-0.1, -0.05) is 0 Å². The predicted octanol–water partition coefficient (Wildman–Crippen LogP) is 3.71. The van der Waals surface area contributed by atoms with Gasteiger partial charge < -0.3 is 15.4 Å². The van der Waals surface area contributed by atoms with Gasteiger partial charge in [-0.15, -0.1) is 11.3 Å². The van der Waals surface area contributed by atoms with Crippen LogP contribution in [0.15, 0.2) is 12.3 Å². The average molecular weight is 454 g/mol. The van der Waals surface area contributed by atoms with Crippen LogP contribution in [0.4, 0.5) is 17.6 Å². The number of hydrogen-bond acceptors (Lipinski definition) is 8. The number of nitrogens with one attached hydrogen (secondary N) is 2. The highest BCUT2D eigenvalue weighted by atomic mass is 32.1. The van der Waals surface area contributed by atoms with Crippen molar-refractivity contribution in [2.24, 2.45) is 7.05 Å².